The molecule has 16 heavy (non-hydrogen) atoms. The Morgan fingerprint density at radius 3 is 2.81 bits per heavy atom. The van der Waals surface area contributed by atoms with Crippen molar-refractivity contribution in [2.75, 3.05) is 13.2 Å². The van der Waals surface area contributed by atoms with Gasteiger partial charge >= 0.3 is 0 Å². The molecule has 0 atom stereocenters. The summed E-state index contributed by atoms with van der Waals surface area (Å²) in [6, 6.07) is 5.84. The molecule has 0 radical (unpaired) electrons. The summed E-state index contributed by atoms with van der Waals surface area (Å²) >= 11 is 9.51. The predicted molar refractivity (Wildman–Crippen MR) is 69.6 cm³/mol. The van der Waals surface area contributed by atoms with Crippen LogP contribution >= 0.6 is 27.5 Å². The van der Waals surface area contributed by atoms with Gasteiger partial charge in [0, 0.05) is 34.6 Å². The lowest BCUT2D eigenvalue weighted by Crippen LogP contribution is -2.26. The molecule has 0 heterocycles. The van der Waals surface area contributed by atoms with Gasteiger partial charge in [-0.3, -0.25) is 0 Å². The second-order valence-electron chi connectivity index (χ2n) is 4.50. The number of hydrogen-bond donors (Lipinski definition) is 2. The fraction of sp³-hybridized carbons (Fsp3) is 0.500. The summed E-state index contributed by atoms with van der Waals surface area (Å²) in [5.41, 5.74) is 1.24. The zero-order valence-electron chi connectivity index (χ0n) is 8.97. The van der Waals surface area contributed by atoms with Gasteiger partial charge in [0.25, 0.3) is 0 Å². The number of benzene rings is 1. The summed E-state index contributed by atoms with van der Waals surface area (Å²) in [7, 11) is 0. The lowest BCUT2D eigenvalue weighted by molar-refractivity contribution is 0.207. The number of halogens is 2. The minimum atomic E-state index is 0.151. The molecule has 88 valence electrons. The molecule has 2 nitrogen and oxygen atoms in total. The molecular formula is C12H15BrClNO. The maximum absolute atomic E-state index is 9.18. The highest BCUT2D eigenvalue weighted by molar-refractivity contribution is 9.10. The Bertz CT molecular complexity index is 379. The highest BCUT2D eigenvalue weighted by Gasteiger charge is 2.41. The number of nitrogens with one attached hydrogen (secondary N) is 1. The number of hydrogen-bond acceptors (Lipinski definition) is 2. The summed E-state index contributed by atoms with van der Waals surface area (Å²) in [6.07, 6.45) is 2.26. The van der Waals surface area contributed by atoms with Crippen molar-refractivity contribution in [2.24, 2.45) is 5.41 Å². The normalized spacial score (nSPS) is 17.4. The van der Waals surface area contributed by atoms with E-state index in [1.54, 1.807) is 0 Å². The monoisotopic (exact) mass is 303 g/mol. The SMILES string of the molecule is OCC1(CNCc2cc(Br)ccc2Cl)CC1. The third kappa shape index (κ3) is 2.98. The van der Waals surface area contributed by atoms with Crippen LogP contribution in [-0.2, 0) is 6.54 Å². The molecule has 0 saturated heterocycles. The number of rotatable bonds is 5. The lowest BCUT2D eigenvalue weighted by Gasteiger charge is -2.13. The first-order valence-electron chi connectivity index (χ1n) is 5.41. The summed E-state index contributed by atoms with van der Waals surface area (Å²) in [5, 5.41) is 13.3. The summed E-state index contributed by atoms with van der Waals surface area (Å²) in [6.45, 7) is 1.90. The van der Waals surface area contributed by atoms with Gasteiger partial charge in [-0.25, -0.2) is 0 Å². The van der Waals surface area contributed by atoms with Crippen LogP contribution < -0.4 is 5.32 Å². The molecule has 4 heteroatoms. The second kappa shape index (κ2) is 5.05. The molecule has 0 unspecified atom stereocenters. The molecule has 0 bridgehead atoms. The third-order valence-electron chi connectivity index (χ3n) is 3.12. The van der Waals surface area contributed by atoms with Crippen molar-refractivity contribution >= 4 is 27.5 Å². The fourth-order valence-corrected chi connectivity index (χ4v) is 2.30. The van der Waals surface area contributed by atoms with Crippen molar-refractivity contribution in [3.63, 3.8) is 0 Å². The maximum Gasteiger partial charge on any atom is 0.0499 e. The second-order valence-corrected chi connectivity index (χ2v) is 5.82. The molecule has 1 fully saturated rings. The Balaban J connectivity index is 1.87. The van der Waals surface area contributed by atoms with Gasteiger partial charge in [0.15, 0.2) is 0 Å². The molecule has 0 aromatic heterocycles. The molecule has 1 aliphatic rings. The van der Waals surface area contributed by atoms with Crippen molar-refractivity contribution < 1.29 is 5.11 Å². The third-order valence-corrected chi connectivity index (χ3v) is 3.98. The standard InChI is InChI=1S/C12H15BrClNO/c13-10-1-2-11(14)9(5-10)6-15-7-12(8-16)3-4-12/h1-2,5,15-16H,3-4,6-8H2. The minimum Gasteiger partial charge on any atom is -0.396 e. The maximum atomic E-state index is 9.18. The van der Waals surface area contributed by atoms with Crippen LogP contribution in [0.5, 0.6) is 0 Å². The van der Waals surface area contributed by atoms with E-state index in [0.717, 1.165) is 41.0 Å². The van der Waals surface area contributed by atoms with Gasteiger partial charge in [-0.05, 0) is 36.6 Å². The van der Waals surface area contributed by atoms with Crippen molar-refractivity contribution in [3.05, 3.63) is 33.3 Å². The molecule has 0 amide bonds. The zero-order valence-corrected chi connectivity index (χ0v) is 11.3. The van der Waals surface area contributed by atoms with Gasteiger partial charge in [0.2, 0.25) is 0 Å². The van der Waals surface area contributed by atoms with E-state index in [1.165, 1.54) is 0 Å². The largest absolute Gasteiger partial charge is 0.396 e. The first kappa shape index (κ1) is 12.4. The number of aliphatic hydroxyl groups is 1. The summed E-state index contributed by atoms with van der Waals surface area (Å²) < 4.78 is 1.04. The fourth-order valence-electron chi connectivity index (χ4n) is 1.71. The highest BCUT2D eigenvalue weighted by Crippen LogP contribution is 2.44. The smallest absolute Gasteiger partial charge is 0.0499 e. The van der Waals surface area contributed by atoms with Crippen LogP contribution in [0.2, 0.25) is 5.02 Å². The average molecular weight is 305 g/mol. The quantitative estimate of drug-likeness (QED) is 0.876. The van der Waals surface area contributed by atoms with Crippen LogP contribution in [0.15, 0.2) is 22.7 Å². The molecule has 1 aromatic carbocycles. The van der Waals surface area contributed by atoms with Crippen molar-refractivity contribution in [3.8, 4) is 0 Å². The Labute approximate surface area is 109 Å². The van der Waals surface area contributed by atoms with Crippen LogP contribution in [0.4, 0.5) is 0 Å². The zero-order chi connectivity index (χ0) is 11.6. The van der Waals surface area contributed by atoms with Gasteiger partial charge in [0.05, 0.1) is 0 Å². The lowest BCUT2D eigenvalue weighted by atomic mass is 10.1. The van der Waals surface area contributed by atoms with Crippen molar-refractivity contribution in [1.82, 2.24) is 5.32 Å². The van der Waals surface area contributed by atoms with Gasteiger partial charge in [-0.2, -0.15) is 0 Å². The van der Waals surface area contributed by atoms with Crippen LogP contribution in [0, 0.1) is 5.41 Å². The topological polar surface area (TPSA) is 32.3 Å². The Morgan fingerprint density at radius 1 is 1.44 bits per heavy atom. The molecule has 1 saturated carbocycles. The predicted octanol–water partition coefficient (Wildman–Crippen LogP) is 2.96. The molecule has 0 spiro atoms. The Hall–Kier alpha value is -0.0900. The van der Waals surface area contributed by atoms with Gasteiger partial charge in [-0.15, -0.1) is 0 Å². The van der Waals surface area contributed by atoms with Gasteiger partial charge in [-0.1, -0.05) is 27.5 Å². The van der Waals surface area contributed by atoms with Gasteiger partial charge < -0.3 is 10.4 Å². The molecule has 2 rings (SSSR count). The van der Waals surface area contributed by atoms with Crippen molar-refractivity contribution in [2.45, 2.75) is 19.4 Å². The van der Waals surface area contributed by atoms with Crippen LogP contribution in [0.25, 0.3) is 0 Å². The van der Waals surface area contributed by atoms with E-state index in [4.69, 9.17) is 11.6 Å². The first-order chi connectivity index (χ1) is 7.65. The van der Waals surface area contributed by atoms with Crippen molar-refractivity contribution in [1.29, 1.82) is 0 Å². The van der Waals surface area contributed by atoms with Crippen LogP contribution in [0.3, 0.4) is 0 Å². The van der Waals surface area contributed by atoms with E-state index in [9.17, 15) is 5.11 Å². The Morgan fingerprint density at radius 2 is 2.19 bits per heavy atom. The summed E-state index contributed by atoms with van der Waals surface area (Å²) in [5.74, 6) is 0. The Kier molecular flexibility index (Phi) is 3.90. The molecule has 2 N–H and O–H groups in total. The van der Waals surface area contributed by atoms with Crippen LogP contribution in [-0.4, -0.2) is 18.3 Å². The first-order valence-corrected chi connectivity index (χ1v) is 6.58. The molecule has 1 aliphatic carbocycles. The highest BCUT2D eigenvalue weighted by atomic mass is 79.9. The van der Waals surface area contributed by atoms with E-state index in [2.05, 4.69) is 21.2 Å². The number of aliphatic hydroxyl groups excluding tert-OH is 1. The van der Waals surface area contributed by atoms with E-state index in [1.807, 2.05) is 18.2 Å². The van der Waals surface area contributed by atoms with Gasteiger partial charge in [0.1, 0.15) is 0 Å². The average Bonchev–Trinajstić information content (AvgIpc) is 3.04. The van der Waals surface area contributed by atoms with E-state index < -0.39 is 0 Å². The minimum absolute atomic E-state index is 0.151. The molecule has 0 aliphatic heterocycles. The van der Waals surface area contributed by atoms with E-state index in [0.29, 0.717) is 0 Å². The van der Waals surface area contributed by atoms with Crippen LogP contribution in [0.1, 0.15) is 18.4 Å². The molecule has 1 aromatic rings. The molecular weight excluding hydrogens is 289 g/mol. The van der Waals surface area contributed by atoms with E-state index in [-0.39, 0.29) is 12.0 Å². The summed E-state index contributed by atoms with van der Waals surface area (Å²) in [4.78, 5) is 0. The van der Waals surface area contributed by atoms with E-state index >= 15 is 0 Å².